The molecule has 2 aromatic rings. The lowest BCUT2D eigenvalue weighted by molar-refractivity contribution is -0.132. The third-order valence-corrected chi connectivity index (χ3v) is 5.14. The largest absolute Gasteiger partial charge is 0.382 e. The quantitative estimate of drug-likeness (QED) is 0.588. The van der Waals surface area contributed by atoms with Gasteiger partial charge < -0.3 is 14.6 Å². The molecular formula is C21H25N3O4. The van der Waals surface area contributed by atoms with Gasteiger partial charge in [-0.15, -0.1) is 0 Å². The number of nitrogens with zero attached hydrogens (tertiary/aromatic N) is 2. The maximum atomic E-state index is 12.9. The summed E-state index contributed by atoms with van der Waals surface area (Å²) >= 11 is 0. The van der Waals surface area contributed by atoms with Crippen molar-refractivity contribution < 1.29 is 19.1 Å². The number of carbonyl (C=O) groups excluding carboxylic acids is 3. The number of hydrogen-bond donors (Lipinski definition) is 1. The molecule has 1 aromatic heterocycles. The molecule has 1 fully saturated rings. The van der Waals surface area contributed by atoms with Crippen LogP contribution in [0.25, 0.3) is 0 Å². The van der Waals surface area contributed by atoms with Crippen LogP contribution in [0.4, 0.5) is 4.79 Å². The van der Waals surface area contributed by atoms with Gasteiger partial charge in [-0.05, 0) is 32.4 Å². The number of Topliss-reactive ketones (excluding diaryl/α,β-unsaturated/α-hetero) is 1. The molecule has 0 spiro atoms. The van der Waals surface area contributed by atoms with Gasteiger partial charge in [0, 0.05) is 30.6 Å². The van der Waals surface area contributed by atoms with Crippen molar-refractivity contribution in [3.63, 3.8) is 0 Å². The molecule has 0 bridgehead atoms. The van der Waals surface area contributed by atoms with Gasteiger partial charge in [-0.3, -0.25) is 14.5 Å². The minimum Gasteiger partial charge on any atom is -0.382 e. The second-order valence-electron chi connectivity index (χ2n) is 7.37. The number of urea groups is 1. The summed E-state index contributed by atoms with van der Waals surface area (Å²) in [4.78, 5) is 38.7. The van der Waals surface area contributed by atoms with Crippen LogP contribution in [0, 0.1) is 13.8 Å². The zero-order chi connectivity index (χ0) is 20.5. The third kappa shape index (κ3) is 3.57. The van der Waals surface area contributed by atoms with Gasteiger partial charge in [0.2, 0.25) is 0 Å². The zero-order valence-electron chi connectivity index (χ0n) is 16.6. The highest BCUT2D eigenvalue weighted by Gasteiger charge is 2.48. The predicted octanol–water partition coefficient (Wildman–Crippen LogP) is 2.29. The zero-order valence-corrected chi connectivity index (χ0v) is 16.6. The van der Waals surface area contributed by atoms with Gasteiger partial charge in [0.15, 0.2) is 5.78 Å². The SMILES string of the molecule is COCC1(C)NC(=O)N(CC(=O)c2cc(C)n(Cc3ccccc3)c2C)C1=O. The van der Waals surface area contributed by atoms with Gasteiger partial charge in [0.05, 0.1) is 13.2 Å². The highest BCUT2D eigenvalue weighted by Crippen LogP contribution is 2.21. The molecule has 7 nitrogen and oxygen atoms in total. The van der Waals surface area contributed by atoms with Crippen LogP contribution in [0.5, 0.6) is 0 Å². The molecule has 3 rings (SSSR count). The van der Waals surface area contributed by atoms with E-state index in [1.165, 1.54) is 7.11 Å². The van der Waals surface area contributed by atoms with Crippen LogP contribution >= 0.6 is 0 Å². The third-order valence-electron chi connectivity index (χ3n) is 5.14. The van der Waals surface area contributed by atoms with Gasteiger partial charge >= 0.3 is 6.03 Å². The highest BCUT2D eigenvalue weighted by atomic mass is 16.5. The fourth-order valence-corrected chi connectivity index (χ4v) is 3.60. The smallest absolute Gasteiger partial charge is 0.325 e. The summed E-state index contributed by atoms with van der Waals surface area (Å²) in [5.74, 6) is -0.719. The van der Waals surface area contributed by atoms with Crippen molar-refractivity contribution in [2.45, 2.75) is 32.9 Å². The van der Waals surface area contributed by atoms with Gasteiger partial charge in [0.25, 0.3) is 5.91 Å². The van der Waals surface area contributed by atoms with Gasteiger partial charge in [-0.1, -0.05) is 30.3 Å². The molecule has 0 aliphatic carbocycles. The number of ether oxygens (including phenoxy) is 1. The van der Waals surface area contributed by atoms with E-state index >= 15 is 0 Å². The van der Waals surface area contributed by atoms with E-state index in [1.807, 2.05) is 50.2 Å². The number of amides is 3. The first-order chi connectivity index (χ1) is 13.3. The summed E-state index contributed by atoms with van der Waals surface area (Å²) in [6.45, 7) is 5.82. The Bertz CT molecular complexity index is 919. The Morgan fingerprint density at radius 3 is 2.50 bits per heavy atom. The molecule has 7 heteroatoms. The second-order valence-corrected chi connectivity index (χ2v) is 7.37. The maximum Gasteiger partial charge on any atom is 0.325 e. The summed E-state index contributed by atoms with van der Waals surface area (Å²) in [5, 5.41) is 2.61. The number of nitrogens with one attached hydrogen (secondary N) is 1. The van der Waals surface area contributed by atoms with Crippen molar-refractivity contribution in [2.24, 2.45) is 0 Å². The Labute approximate surface area is 164 Å². The first-order valence-electron chi connectivity index (χ1n) is 9.13. The van der Waals surface area contributed by atoms with Crippen LogP contribution in [-0.2, 0) is 16.1 Å². The van der Waals surface area contributed by atoms with Crippen molar-refractivity contribution >= 4 is 17.7 Å². The number of ketones is 1. The number of hydrogen-bond acceptors (Lipinski definition) is 4. The molecule has 0 saturated carbocycles. The van der Waals surface area contributed by atoms with E-state index in [0.29, 0.717) is 12.1 Å². The van der Waals surface area contributed by atoms with Crippen LogP contribution in [0.15, 0.2) is 36.4 Å². The fourth-order valence-electron chi connectivity index (χ4n) is 3.60. The van der Waals surface area contributed by atoms with E-state index in [1.54, 1.807) is 6.92 Å². The Morgan fingerprint density at radius 1 is 1.18 bits per heavy atom. The number of rotatable bonds is 7. The van der Waals surface area contributed by atoms with Gasteiger partial charge in [0.1, 0.15) is 5.54 Å². The number of benzene rings is 1. The van der Waals surface area contributed by atoms with Crippen molar-refractivity contribution in [2.75, 3.05) is 20.3 Å². The van der Waals surface area contributed by atoms with Crippen molar-refractivity contribution in [1.82, 2.24) is 14.8 Å². The molecule has 1 aliphatic heterocycles. The van der Waals surface area contributed by atoms with E-state index in [2.05, 4.69) is 9.88 Å². The van der Waals surface area contributed by atoms with Crippen molar-refractivity contribution in [3.8, 4) is 0 Å². The minimum atomic E-state index is -1.14. The molecule has 1 aliphatic rings. The molecule has 28 heavy (non-hydrogen) atoms. The summed E-state index contributed by atoms with van der Waals surface area (Å²) in [6, 6.07) is 11.2. The average molecular weight is 383 g/mol. The summed E-state index contributed by atoms with van der Waals surface area (Å²) < 4.78 is 7.09. The van der Waals surface area contributed by atoms with E-state index in [-0.39, 0.29) is 18.9 Å². The Balaban J connectivity index is 1.79. The first kappa shape index (κ1) is 19.8. The lowest BCUT2D eigenvalue weighted by Crippen LogP contribution is -2.48. The van der Waals surface area contributed by atoms with Crippen molar-refractivity contribution in [1.29, 1.82) is 0 Å². The molecule has 1 saturated heterocycles. The summed E-state index contributed by atoms with van der Waals surface area (Å²) in [7, 11) is 1.46. The van der Waals surface area contributed by atoms with E-state index < -0.39 is 17.5 Å². The number of methoxy groups -OCH3 is 1. The first-order valence-corrected chi connectivity index (χ1v) is 9.13. The van der Waals surface area contributed by atoms with E-state index in [4.69, 9.17) is 4.74 Å². The molecular weight excluding hydrogens is 358 g/mol. The van der Waals surface area contributed by atoms with Crippen LogP contribution in [0.2, 0.25) is 0 Å². The monoisotopic (exact) mass is 383 g/mol. The van der Waals surface area contributed by atoms with Crippen molar-refractivity contribution in [3.05, 3.63) is 58.9 Å². The molecule has 0 radical (unpaired) electrons. The highest BCUT2D eigenvalue weighted by molar-refractivity contribution is 6.11. The number of imide groups is 1. The van der Waals surface area contributed by atoms with Gasteiger partial charge in [-0.25, -0.2) is 4.79 Å². The lowest BCUT2D eigenvalue weighted by Gasteiger charge is -2.20. The van der Waals surface area contributed by atoms with Crippen LogP contribution in [0.1, 0.15) is 34.2 Å². The Hall–Kier alpha value is -2.93. The average Bonchev–Trinajstić information content (AvgIpc) is 3.05. The van der Waals surface area contributed by atoms with E-state index in [0.717, 1.165) is 21.9 Å². The van der Waals surface area contributed by atoms with Crippen LogP contribution < -0.4 is 5.32 Å². The maximum absolute atomic E-state index is 12.9. The lowest BCUT2D eigenvalue weighted by atomic mass is 10.0. The Kier molecular flexibility index (Phi) is 5.38. The fraction of sp³-hybridized carbons (Fsp3) is 0.381. The number of carbonyl (C=O) groups is 3. The molecule has 1 unspecified atom stereocenters. The summed E-state index contributed by atoms with van der Waals surface area (Å²) in [5.41, 5.74) is 2.28. The second kappa shape index (κ2) is 7.59. The normalized spacial score (nSPS) is 19.2. The Morgan fingerprint density at radius 2 is 1.86 bits per heavy atom. The minimum absolute atomic E-state index is 0.0495. The molecule has 1 aromatic carbocycles. The molecule has 148 valence electrons. The molecule has 1 N–H and O–H groups in total. The predicted molar refractivity (Wildman–Crippen MR) is 104 cm³/mol. The van der Waals surface area contributed by atoms with Crippen LogP contribution in [-0.4, -0.2) is 53.0 Å². The van der Waals surface area contributed by atoms with Crippen LogP contribution in [0.3, 0.4) is 0 Å². The topological polar surface area (TPSA) is 80.6 Å². The molecule has 3 amide bonds. The number of aryl methyl sites for hydroxylation is 1. The molecule has 2 heterocycles. The van der Waals surface area contributed by atoms with Gasteiger partial charge in [-0.2, -0.15) is 0 Å². The number of aromatic nitrogens is 1. The standard InChI is InChI=1S/C21H25N3O4/c1-14-10-17(15(2)23(14)11-16-8-6-5-7-9-16)18(25)12-24-19(26)21(3,13-28-4)22-20(24)27/h5-10H,11-13H2,1-4H3,(H,22,27). The van der Waals surface area contributed by atoms with E-state index in [9.17, 15) is 14.4 Å². The molecule has 1 atom stereocenters. The summed E-state index contributed by atoms with van der Waals surface area (Å²) in [6.07, 6.45) is 0.